The second-order valence-corrected chi connectivity index (χ2v) is 5.10. The average molecular weight is 296 g/mol. The Balaban J connectivity index is 2.17. The van der Waals surface area contributed by atoms with Crippen molar-refractivity contribution < 1.29 is 13.6 Å². The summed E-state index contributed by atoms with van der Waals surface area (Å²) in [6, 6.07) is 3.71. The number of anilines is 1. The van der Waals surface area contributed by atoms with E-state index < -0.39 is 17.5 Å². The number of benzene rings is 1. The van der Waals surface area contributed by atoms with Gasteiger partial charge in [0.25, 0.3) is 5.91 Å². The number of rotatable bonds is 4. The van der Waals surface area contributed by atoms with Gasteiger partial charge in [0.1, 0.15) is 17.3 Å². The molecule has 1 atom stereocenters. The maximum absolute atomic E-state index is 13.6. The van der Waals surface area contributed by atoms with Crippen molar-refractivity contribution in [1.29, 1.82) is 0 Å². The SMILES string of the molecule is CNc1c(F)cc(C(=O)NC(C)c2ccsc2)cc1F. The van der Waals surface area contributed by atoms with E-state index in [0.717, 1.165) is 17.7 Å². The van der Waals surface area contributed by atoms with Gasteiger partial charge < -0.3 is 10.6 Å². The summed E-state index contributed by atoms with van der Waals surface area (Å²) in [6.45, 7) is 1.81. The van der Waals surface area contributed by atoms with E-state index in [0.29, 0.717) is 0 Å². The minimum Gasteiger partial charge on any atom is -0.383 e. The Morgan fingerprint density at radius 3 is 2.45 bits per heavy atom. The fourth-order valence-corrected chi connectivity index (χ4v) is 2.58. The number of halogens is 2. The van der Waals surface area contributed by atoms with Gasteiger partial charge in [0.2, 0.25) is 0 Å². The van der Waals surface area contributed by atoms with Gasteiger partial charge in [-0.3, -0.25) is 4.79 Å². The van der Waals surface area contributed by atoms with E-state index in [9.17, 15) is 13.6 Å². The fourth-order valence-electron chi connectivity index (χ4n) is 1.83. The lowest BCUT2D eigenvalue weighted by molar-refractivity contribution is 0.0939. The Labute approximate surface area is 119 Å². The molecule has 0 radical (unpaired) electrons. The zero-order chi connectivity index (χ0) is 14.7. The van der Waals surface area contributed by atoms with E-state index in [4.69, 9.17) is 0 Å². The van der Waals surface area contributed by atoms with E-state index in [1.54, 1.807) is 0 Å². The molecule has 0 spiro atoms. The van der Waals surface area contributed by atoms with Gasteiger partial charge in [-0.05, 0) is 41.4 Å². The highest BCUT2D eigenvalue weighted by Gasteiger charge is 2.16. The number of thiophene rings is 1. The number of hydrogen-bond acceptors (Lipinski definition) is 3. The zero-order valence-corrected chi connectivity index (χ0v) is 11.9. The molecular weight excluding hydrogens is 282 g/mol. The molecule has 3 nitrogen and oxygen atoms in total. The molecule has 1 aromatic carbocycles. The third-order valence-electron chi connectivity index (χ3n) is 2.95. The first-order valence-corrected chi connectivity index (χ1v) is 6.97. The van der Waals surface area contributed by atoms with Crippen molar-refractivity contribution in [2.24, 2.45) is 0 Å². The molecule has 1 aromatic heterocycles. The summed E-state index contributed by atoms with van der Waals surface area (Å²) in [4.78, 5) is 12.0. The van der Waals surface area contributed by atoms with Gasteiger partial charge in [-0.1, -0.05) is 0 Å². The summed E-state index contributed by atoms with van der Waals surface area (Å²) >= 11 is 1.52. The van der Waals surface area contributed by atoms with Gasteiger partial charge >= 0.3 is 0 Å². The monoisotopic (exact) mass is 296 g/mol. The van der Waals surface area contributed by atoms with E-state index in [1.807, 2.05) is 23.8 Å². The van der Waals surface area contributed by atoms with E-state index >= 15 is 0 Å². The second-order valence-electron chi connectivity index (χ2n) is 4.32. The van der Waals surface area contributed by atoms with Crippen molar-refractivity contribution >= 4 is 22.9 Å². The molecule has 106 valence electrons. The van der Waals surface area contributed by atoms with Crippen LogP contribution in [-0.4, -0.2) is 13.0 Å². The summed E-state index contributed by atoms with van der Waals surface area (Å²) in [5, 5.41) is 8.93. The third-order valence-corrected chi connectivity index (χ3v) is 3.65. The normalized spacial score (nSPS) is 12.0. The van der Waals surface area contributed by atoms with Crippen LogP contribution in [-0.2, 0) is 0 Å². The Bertz CT molecular complexity index is 591. The summed E-state index contributed by atoms with van der Waals surface area (Å²) in [7, 11) is 1.42. The lowest BCUT2D eigenvalue weighted by atomic mass is 10.1. The highest BCUT2D eigenvalue weighted by Crippen LogP contribution is 2.21. The van der Waals surface area contributed by atoms with Crippen LogP contribution >= 0.6 is 11.3 Å². The van der Waals surface area contributed by atoms with Gasteiger partial charge in [-0.15, -0.1) is 0 Å². The van der Waals surface area contributed by atoms with Crippen LogP contribution in [0.1, 0.15) is 28.9 Å². The van der Waals surface area contributed by atoms with Crippen LogP contribution in [0.2, 0.25) is 0 Å². The molecule has 20 heavy (non-hydrogen) atoms. The van der Waals surface area contributed by atoms with Gasteiger partial charge in [-0.25, -0.2) is 8.78 Å². The fraction of sp³-hybridized carbons (Fsp3) is 0.214. The van der Waals surface area contributed by atoms with Gasteiger partial charge in [0.15, 0.2) is 0 Å². The molecule has 0 aliphatic carbocycles. The molecule has 1 amide bonds. The van der Waals surface area contributed by atoms with Crippen LogP contribution < -0.4 is 10.6 Å². The number of carbonyl (C=O) groups excluding carboxylic acids is 1. The molecule has 2 rings (SSSR count). The second kappa shape index (κ2) is 6.00. The Hall–Kier alpha value is -1.95. The molecule has 0 aliphatic heterocycles. The molecule has 0 aliphatic rings. The smallest absolute Gasteiger partial charge is 0.251 e. The summed E-state index contributed by atoms with van der Waals surface area (Å²) in [6.07, 6.45) is 0. The van der Waals surface area contributed by atoms with Crippen molar-refractivity contribution in [2.45, 2.75) is 13.0 Å². The first kappa shape index (κ1) is 14.5. The lowest BCUT2D eigenvalue weighted by Gasteiger charge is -2.13. The zero-order valence-electron chi connectivity index (χ0n) is 11.0. The van der Waals surface area contributed by atoms with Crippen LogP contribution in [0.3, 0.4) is 0 Å². The highest BCUT2D eigenvalue weighted by molar-refractivity contribution is 7.07. The minimum absolute atomic E-state index is 0.0407. The maximum atomic E-state index is 13.6. The summed E-state index contributed by atoms with van der Waals surface area (Å²) < 4.78 is 27.2. The Kier molecular flexibility index (Phi) is 4.34. The highest BCUT2D eigenvalue weighted by atomic mass is 32.1. The largest absolute Gasteiger partial charge is 0.383 e. The quantitative estimate of drug-likeness (QED) is 0.905. The maximum Gasteiger partial charge on any atom is 0.251 e. The topological polar surface area (TPSA) is 41.1 Å². The van der Waals surface area contributed by atoms with Crippen molar-refractivity contribution in [3.8, 4) is 0 Å². The number of nitrogens with one attached hydrogen (secondary N) is 2. The van der Waals surface area contributed by atoms with Crippen LogP contribution in [0.15, 0.2) is 29.0 Å². The van der Waals surface area contributed by atoms with Gasteiger partial charge in [0.05, 0.1) is 6.04 Å². The first-order chi connectivity index (χ1) is 9.52. The molecule has 0 saturated heterocycles. The Morgan fingerprint density at radius 2 is 1.95 bits per heavy atom. The summed E-state index contributed by atoms with van der Waals surface area (Å²) in [5.41, 5.74) is 0.671. The van der Waals surface area contributed by atoms with Gasteiger partial charge in [-0.2, -0.15) is 11.3 Å². The molecular formula is C14H14F2N2OS. The standard InChI is InChI=1S/C14H14F2N2OS/c1-8(9-3-4-20-7-9)18-14(19)10-5-11(15)13(17-2)12(16)6-10/h3-8,17H,1-2H3,(H,18,19). The molecule has 0 fully saturated rings. The van der Waals surface area contributed by atoms with E-state index in [2.05, 4.69) is 10.6 Å². The molecule has 0 bridgehead atoms. The lowest BCUT2D eigenvalue weighted by Crippen LogP contribution is -2.26. The van der Waals surface area contributed by atoms with Crippen molar-refractivity contribution in [3.63, 3.8) is 0 Å². The minimum atomic E-state index is -0.791. The number of amides is 1. The average Bonchev–Trinajstić information content (AvgIpc) is 2.92. The number of carbonyl (C=O) groups is 1. The first-order valence-electron chi connectivity index (χ1n) is 6.02. The molecule has 1 heterocycles. The summed E-state index contributed by atoms with van der Waals surface area (Å²) in [5.74, 6) is -2.09. The van der Waals surface area contributed by atoms with Crippen molar-refractivity contribution in [1.82, 2.24) is 5.32 Å². The third kappa shape index (κ3) is 2.96. The molecule has 1 unspecified atom stereocenters. The van der Waals surface area contributed by atoms with Crippen molar-refractivity contribution in [2.75, 3.05) is 12.4 Å². The van der Waals surface area contributed by atoms with Crippen molar-refractivity contribution in [3.05, 3.63) is 51.7 Å². The molecule has 6 heteroatoms. The molecule has 0 saturated carbocycles. The molecule has 2 aromatic rings. The molecule has 2 N–H and O–H groups in total. The predicted octanol–water partition coefficient (Wildman–Crippen LogP) is 3.56. The number of hydrogen-bond donors (Lipinski definition) is 2. The van der Waals surface area contributed by atoms with Crippen LogP contribution in [0.4, 0.5) is 14.5 Å². The van der Waals surface area contributed by atoms with E-state index in [1.165, 1.54) is 18.4 Å². The van der Waals surface area contributed by atoms with Gasteiger partial charge in [0, 0.05) is 12.6 Å². The Morgan fingerprint density at radius 1 is 1.30 bits per heavy atom. The van der Waals surface area contributed by atoms with E-state index in [-0.39, 0.29) is 17.3 Å². The predicted molar refractivity (Wildman–Crippen MR) is 76.1 cm³/mol. The van der Waals surface area contributed by atoms with Crippen LogP contribution in [0.25, 0.3) is 0 Å². The van der Waals surface area contributed by atoms with Crippen LogP contribution in [0, 0.1) is 11.6 Å². The van der Waals surface area contributed by atoms with Crippen LogP contribution in [0.5, 0.6) is 0 Å².